The Balaban J connectivity index is 1.79. The van der Waals surface area contributed by atoms with Crippen LogP contribution in [0, 0.1) is 0 Å². The number of aliphatic hydroxyl groups is 1. The van der Waals surface area contributed by atoms with Crippen molar-refractivity contribution in [2.24, 2.45) is 0 Å². The summed E-state index contributed by atoms with van der Waals surface area (Å²) in [5.74, 6) is 0.801. The van der Waals surface area contributed by atoms with Crippen LogP contribution in [0.5, 0.6) is 5.75 Å². The first-order valence-corrected chi connectivity index (χ1v) is 6.71. The zero-order chi connectivity index (χ0) is 14.2. The number of methoxy groups -OCH3 is 1. The van der Waals surface area contributed by atoms with E-state index < -0.39 is 6.10 Å². The van der Waals surface area contributed by atoms with E-state index in [4.69, 9.17) is 9.47 Å². The minimum Gasteiger partial charge on any atom is -0.496 e. The lowest BCUT2D eigenvalue weighted by molar-refractivity contribution is 0.0286. The molecule has 0 saturated carbocycles. The Hall–Kier alpha value is -1.84. The molecule has 0 aliphatic heterocycles. The van der Waals surface area contributed by atoms with E-state index in [1.165, 1.54) is 0 Å². The fourth-order valence-corrected chi connectivity index (χ4v) is 2.07. The van der Waals surface area contributed by atoms with Gasteiger partial charge in [0.25, 0.3) is 0 Å². The summed E-state index contributed by atoms with van der Waals surface area (Å²) >= 11 is 0. The third kappa shape index (κ3) is 4.37. The highest BCUT2D eigenvalue weighted by atomic mass is 16.5. The quantitative estimate of drug-likeness (QED) is 0.842. The van der Waals surface area contributed by atoms with E-state index in [1.807, 2.05) is 54.6 Å². The number of hydrogen-bond acceptors (Lipinski definition) is 3. The largest absolute Gasteiger partial charge is 0.496 e. The molecule has 0 fully saturated rings. The molecular weight excluding hydrogens is 252 g/mol. The van der Waals surface area contributed by atoms with Crippen LogP contribution in [0.25, 0.3) is 0 Å². The van der Waals surface area contributed by atoms with E-state index in [1.54, 1.807) is 7.11 Å². The molecule has 0 saturated heterocycles. The fourth-order valence-electron chi connectivity index (χ4n) is 2.07. The highest BCUT2D eigenvalue weighted by molar-refractivity contribution is 5.33. The van der Waals surface area contributed by atoms with Gasteiger partial charge in [-0.2, -0.15) is 0 Å². The van der Waals surface area contributed by atoms with E-state index in [0.717, 1.165) is 16.9 Å². The van der Waals surface area contributed by atoms with Gasteiger partial charge < -0.3 is 14.6 Å². The van der Waals surface area contributed by atoms with Gasteiger partial charge in [-0.3, -0.25) is 0 Å². The Bertz CT molecular complexity index is 511. The van der Waals surface area contributed by atoms with Crippen molar-refractivity contribution in [3.05, 3.63) is 65.7 Å². The molecule has 0 unspecified atom stereocenters. The lowest BCUT2D eigenvalue weighted by Crippen LogP contribution is -2.18. The van der Waals surface area contributed by atoms with Crippen molar-refractivity contribution < 1.29 is 14.6 Å². The molecule has 1 N–H and O–H groups in total. The number of ether oxygens (including phenoxy) is 2. The third-order valence-corrected chi connectivity index (χ3v) is 3.07. The summed E-state index contributed by atoms with van der Waals surface area (Å²) in [5.41, 5.74) is 2.10. The fraction of sp³-hybridized carbons (Fsp3) is 0.294. The summed E-state index contributed by atoms with van der Waals surface area (Å²) in [6.07, 6.45) is -0.00581. The maximum absolute atomic E-state index is 10.0. The van der Waals surface area contributed by atoms with Crippen molar-refractivity contribution in [3.8, 4) is 5.75 Å². The zero-order valence-corrected chi connectivity index (χ0v) is 11.7. The first kappa shape index (κ1) is 14.6. The molecule has 3 heteroatoms. The second kappa shape index (κ2) is 7.68. The molecule has 2 aromatic rings. The molecular formula is C17H20O3. The van der Waals surface area contributed by atoms with Crippen molar-refractivity contribution in [3.63, 3.8) is 0 Å². The van der Waals surface area contributed by atoms with Gasteiger partial charge in [0.15, 0.2) is 0 Å². The van der Waals surface area contributed by atoms with Crippen LogP contribution in [0.15, 0.2) is 54.6 Å². The van der Waals surface area contributed by atoms with E-state index in [2.05, 4.69) is 0 Å². The first-order chi connectivity index (χ1) is 9.79. The topological polar surface area (TPSA) is 38.7 Å². The second-order valence-corrected chi connectivity index (χ2v) is 4.67. The highest BCUT2D eigenvalue weighted by Crippen LogP contribution is 2.19. The maximum Gasteiger partial charge on any atom is 0.122 e. The van der Waals surface area contributed by atoms with Crippen LogP contribution < -0.4 is 4.74 Å². The van der Waals surface area contributed by atoms with Crippen molar-refractivity contribution in [1.29, 1.82) is 0 Å². The van der Waals surface area contributed by atoms with Gasteiger partial charge in [-0.25, -0.2) is 0 Å². The lowest BCUT2D eigenvalue weighted by Gasteiger charge is -2.13. The molecule has 2 aromatic carbocycles. The van der Waals surface area contributed by atoms with Gasteiger partial charge in [-0.1, -0.05) is 48.5 Å². The number of hydrogen-bond donors (Lipinski definition) is 1. The average Bonchev–Trinajstić information content (AvgIpc) is 2.49. The summed E-state index contributed by atoms with van der Waals surface area (Å²) in [5, 5.41) is 10.0. The minimum absolute atomic E-state index is 0.312. The predicted octanol–water partition coefficient (Wildman–Crippen LogP) is 2.82. The molecule has 0 amide bonds. The predicted molar refractivity (Wildman–Crippen MR) is 78.8 cm³/mol. The first-order valence-electron chi connectivity index (χ1n) is 6.71. The van der Waals surface area contributed by atoms with E-state index >= 15 is 0 Å². The molecule has 1 atom stereocenters. The van der Waals surface area contributed by atoms with Gasteiger partial charge in [-0.05, 0) is 17.2 Å². The van der Waals surface area contributed by atoms with Gasteiger partial charge in [0.1, 0.15) is 5.75 Å². The van der Waals surface area contributed by atoms with E-state index in [-0.39, 0.29) is 0 Å². The monoisotopic (exact) mass is 272 g/mol. The van der Waals surface area contributed by atoms with Crippen LogP contribution in [0.1, 0.15) is 11.1 Å². The Labute approximate surface area is 119 Å². The van der Waals surface area contributed by atoms with E-state index in [0.29, 0.717) is 19.6 Å². The summed E-state index contributed by atoms with van der Waals surface area (Å²) in [4.78, 5) is 0. The Morgan fingerprint density at radius 3 is 2.45 bits per heavy atom. The molecule has 0 aromatic heterocycles. The molecule has 0 radical (unpaired) electrons. The standard InChI is InChI=1S/C17H20O3/c1-19-17-10-6-5-9-15(17)11-16(18)13-20-12-14-7-3-2-4-8-14/h2-10,16,18H,11-13H2,1H3/t16-/m1/s1. The summed E-state index contributed by atoms with van der Waals surface area (Å²) in [6.45, 7) is 0.830. The second-order valence-electron chi connectivity index (χ2n) is 4.67. The van der Waals surface area contributed by atoms with Crippen LogP contribution in [0.4, 0.5) is 0 Å². The molecule has 2 rings (SSSR count). The zero-order valence-electron chi connectivity index (χ0n) is 11.7. The molecule has 0 spiro atoms. The van der Waals surface area contributed by atoms with Crippen molar-refractivity contribution in [2.75, 3.05) is 13.7 Å². The van der Waals surface area contributed by atoms with Crippen LogP contribution in [-0.2, 0) is 17.8 Å². The number of para-hydroxylation sites is 1. The van der Waals surface area contributed by atoms with Gasteiger partial charge >= 0.3 is 0 Å². The average molecular weight is 272 g/mol. The highest BCUT2D eigenvalue weighted by Gasteiger charge is 2.09. The molecule has 0 heterocycles. The van der Waals surface area contributed by atoms with Gasteiger partial charge in [0, 0.05) is 6.42 Å². The Morgan fingerprint density at radius 1 is 1.00 bits per heavy atom. The third-order valence-electron chi connectivity index (χ3n) is 3.07. The number of benzene rings is 2. The van der Waals surface area contributed by atoms with E-state index in [9.17, 15) is 5.11 Å². The van der Waals surface area contributed by atoms with Crippen LogP contribution >= 0.6 is 0 Å². The molecule has 0 aliphatic rings. The number of aliphatic hydroxyl groups excluding tert-OH is 1. The van der Waals surface area contributed by atoms with Crippen LogP contribution in [0.3, 0.4) is 0 Å². The van der Waals surface area contributed by atoms with Crippen molar-refractivity contribution in [2.45, 2.75) is 19.1 Å². The molecule has 106 valence electrons. The van der Waals surface area contributed by atoms with Crippen molar-refractivity contribution >= 4 is 0 Å². The molecule has 3 nitrogen and oxygen atoms in total. The van der Waals surface area contributed by atoms with Crippen LogP contribution in [-0.4, -0.2) is 24.9 Å². The Morgan fingerprint density at radius 2 is 1.70 bits per heavy atom. The summed E-state index contributed by atoms with van der Waals surface area (Å²) in [6, 6.07) is 17.6. The molecule has 0 aliphatic carbocycles. The summed E-state index contributed by atoms with van der Waals surface area (Å²) in [7, 11) is 1.64. The van der Waals surface area contributed by atoms with Crippen molar-refractivity contribution in [1.82, 2.24) is 0 Å². The van der Waals surface area contributed by atoms with Gasteiger partial charge in [0.05, 0.1) is 26.4 Å². The smallest absolute Gasteiger partial charge is 0.122 e. The SMILES string of the molecule is COc1ccccc1C[C@@H](O)COCc1ccccc1. The summed E-state index contributed by atoms with van der Waals surface area (Å²) < 4.78 is 10.8. The van der Waals surface area contributed by atoms with Crippen LogP contribution in [0.2, 0.25) is 0 Å². The maximum atomic E-state index is 10.0. The lowest BCUT2D eigenvalue weighted by atomic mass is 10.1. The minimum atomic E-state index is -0.532. The normalized spacial score (nSPS) is 12.1. The molecule has 0 bridgehead atoms. The number of rotatable bonds is 7. The van der Waals surface area contributed by atoms with Gasteiger partial charge in [0.2, 0.25) is 0 Å². The van der Waals surface area contributed by atoms with Gasteiger partial charge in [-0.15, -0.1) is 0 Å². The Kier molecular flexibility index (Phi) is 5.59. The molecule has 20 heavy (non-hydrogen) atoms.